The van der Waals surface area contributed by atoms with Gasteiger partial charge >= 0.3 is 0 Å². The third-order valence-corrected chi connectivity index (χ3v) is 6.94. The number of nitrogens with zero attached hydrogens (tertiary/aromatic N) is 1. The molecular formula is C13H17Br2NO2S. The number of hydrogen-bond donors (Lipinski definition) is 0. The third kappa shape index (κ3) is 3.40. The molecule has 0 aliphatic carbocycles. The van der Waals surface area contributed by atoms with Gasteiger partial charge in [-0.1, -0.05) is 28.1 Å². The molecule has 1 fully saturated rings. The molecule has 2 rings (SSSR count). The van der Waals surface area contributed by atoms with Crippen LogP contribution in [0.2, 0.25) is 0 Å². The van der Waals surface area contributed by atoms with Gasteiger partial charge < -0.3 is 0 Å². The third-order valence-electron chi connectivity index (χ3n) is 3.42. The van der Waals surface area contributed by atoms with Crippen LogP contribution in [-0.4, -0.2) is 30.6 Å². The summed E-state index contributed by atoms with van der Waals surface area (Å²) in [4.78, 5) is 0.376. The topological polar surface area (TPSA) is 37.4 Å². The molecule has 0 amide bonds. The minimum atomic E-state index is -3.38. The van der Waals surface area contributed by atoms with E-state index in [-0.39, 0.29) is 6.04 Å². The Kier molecular flexibility index (Phi) is 5.45. The van der Waals surface area contributed by atoms with Crippen molar-refractivity contribution in [3.63, 3.8) is 0 Å². The monoisotopic (exact) mass is 409 g/mol. The second-order valence-corrected chi connectivity index (χ2v) is 8.18. The molecule has 0 aromatic heterocycles. The van der Waals surface area contributed by atoms with Gasteiger partial charge in [0.1, 0.15) is 0 Å². The largest absolute Gasteiger partial charge is 0.244 e. The van der Waals surface area contributed by atoms with Gasteiger partial charge in [-0.25, -0.2) is 8.42 Å². The highest BCUT2D eigenvalue weighted by molar-refractivity contribution is 9.10. The Morgan fingerprint density at radius 2 is 2.05 bits per heavy atom. The highest BCUT2D eigenvalue weighted by atomic mass is 79.9. The van der Waals surface area contributed by atoms with Gasteiger partial charge in [0.05, 0.1) is 4.90 Å². The van der Waals surface area contributed by atoms with Crippen LogP contribution in [0.3, 0.4) is 0 Å². The van der Waals surface area contributed by atoms with E-state index in [1.807, 2.05) is 6.07 Å². The molecule has 19 heavy (non-hydrogen) atoms. The minimum Gasteiger partial charge on any atom is -0.207 e. The van der Waals surface area contributed by atoms with E-state index in [4.69, 9.17) is 0 Å². The van der Waals surface area contributed by atoms with E-state index in [1.54, 1.807) is 22.5 Å². The van der Waals surface area contributed by atoms with Gasteiger partial charge in [-0.2, -0.15) is 4.31 Å². The van der Waals surface area contributed by atoms with Gasteiger partial charge in [0.15, 0.2) is 0 Å². The number of rotatable bonds is 5. The van der Waals surface area contributed by atoms with E-state index < -0.39 is 10.0 Å². The molecule has 0 N–H and O–H groups in total. The van der Waals surface area contributed by atoms with Crippen molar-refractivity contribution in [1.29, 1.82) is 0 Å². The first-order valence-electron chi connectivity index (χ1n) is 6.39. The number of halogens is 2. The highest BCUT2D eigenvalue weighted by Crippen LogP contribution is 2.31. The Balaban J connectivity index is 2.26. The number of alkyl halides is 1. The maximum atomic E-state index is 12.7. The summed E-state index contributed by atoms with van der Waals surface area (Å²) in [5, 5.41) is 0.923. The summed E-state index contributed by atoms with van der Waals surface area (Å²) in [6.45, 7) is 0.636. The van der Waals surface area contributed by atoms with Crippen LogP contribution in [0, 0.1) is 0 Å². The van der Waals surface area contributed by atoms with Crippen molar-refractivity contribution in [3.05, 3.63) is 28.7 Å². The Morgan fingerprint density at radius 3 is 2.74 bits per heavy atom. The van der Waals surface area contributed by atoms with Gasteiger partial charge in [0.2, 0.25) is 10.0 Å². The van der Waals surface area contributed by atoms with Crippen molar-refractivity contribution in [2.45, 2.75) is 36.6 Å². The van der Waals surface area contributed by atoms with Gasteiger partial charge in [-0.15, -0.1) is 0 Å². The molecule has 0 spiro atoms. The predicted octanol–water partition coefficient (Wildman–Crippen LogP) is 3.78. The van der Waals surface area contributed by atoms with Crippen LogP contribution in [0.4, 0.5) is 0 Å². The smallest absolute Gasteiger partial charge is 0.207 e. The Labute approximate surface area is 131 Å². The Hall–Kier alpha value is 0.0900. The first kappa shape index (κ1) is 15.5. The van der Waals surface area contributed by atoms with Crippen molar-refractivity contribution >= 4 is 41.9 Å². The predicted molar refractivity (Wildman–Crippen MR) is 84.1 cm³/mol. The van der Waals surface area contributed by atoms with Crippen LogP contribution < -0.4 is 0 Å². The maximum Gasteiger partial charge on any atom is 0.244 e. The lowest BCUT2D eigenvalue weighted by atomic mass is 10.1. The second kappa shape index (κ2) is 6.70. The summed E-state index contributed by atoms with van der Waals surface area (Å²) >= 11 is 6.75. The van der Waals surface area contributed by atoms with Crippen molar-refractivity contribution in [3.8, 4) is 0 Å². The zero-order valence-electron chi connectivity index (χ0n) is 10.6. The van der Waals surface area contributed by atoms with E-state index in [1.165, 1.54) is 0 Å². The molecule has 1 aliphatic rings. The lowest BCUT2D eigenvalue weighted by Gasteiger charge is -2.24. The summed E-state index contributed by atoms with van der Waals surface area (Å²) in [6.07, 6.45) is 3.86. The normalized spacial score (nSPS) is 20.8. The van der Waals surface area contributed by atoms with Gasteiger partial charge in [0, 0.05) is 22.4 Å². The van der Waals surface area contributed by atoms with Crippen LogP contribution in [0.25, 0.3) is 0 Å². The molecule has 0 bridgehead atoms. The lowest BCUT2D eigenvalue weighted by molar-refractivity contribution is 0.369. The van der Waals surface area contributed by atoms with E-state index in [2.05, 4.69) is 31.9 Å². The molecule has 1 atom stereocenters. The van der Waals surface area contributed by atoms with E-state index in [0.29, 0.717) is 15.9 Å². The molecule has 1 saturated heterocycles. The number of sulfonamides is 1. The molecule has 0 saturated carbocycles. The fraction of sp³-hybridized carbons (Fsp3) is 0.538. The van der Waals surface area contributed by atoms with Gasteiger partial charge in [0.25, 0.3) is 0 Å². The zero-order valence-corrected chi connectivity index (χ0v) is 14.5. The molecule has 0 radical (unpaired) electrons. The fourth-order valence-corrected chi connectivity index (χ4v) is 5.52. The Bertz CT molecular complexity index is 533. The molecule has 1 unspecified atom stereocenters. The maximum absolute atomic E-state index is 12.7. The van der Waals surface area contributed by atoms with E-state index in [9.17, 15) is 8.42 Å². The molecule has 106 valence electrons. The van der Waals surface area contributed by atoms with Crippen molar-refractivity contribution in [2.75, 3.05) is 11.9 Å². The second-order valence-electron chi connectivity index (χ2n) is 4.67. The fourth-order valence-electron chi connectivity index (χ4n) is 2.51. The summed E-state index contributed by atoms with van der Waals surface area (Å²) in [5.41, 5.74) is 0. The summed E-state index contributed by atoms with van der Waals surface area (Å²) in [6, 6.07) is 7.18. The van der Waals surface area contributed by atoms with Gasteiger partial charge in [-0.3, -0.25) is 0 Å². The number of benzene rings is 1. The van der Waals surface area contributed by atoms with Crippen molar-refractivity contribution in [2.24, 2.45) is 0 Å². The summed E-state index contributed by atoms with van der Waals surface area (Å²) in [7, 11) is -3.38. The van der Waals surface area contributed by atoms with Gasteiger partial charge in [-0.05, 0) is 53.7 Å². The standard InChI is InChI=1S/C13H17Br2NO2S/c14-9-3-5-11-6-4-10-16(11)19(17,18)13-8-2-1-7-12(13)15/h1-2,7-8,11H,3-6,9-10H2. The SMILES string of the molecule is O=S(=O)(c1ccccc1Br)N1CCCC1CCCBr. The molecule has 1 heterocycles. The van der Waals surface area contributed by atoms with Crippen LogP contribution >= 0.6 is 31.9 Å². The Morgan fingerprint density at radius 1 is 1.32 bits per heavy atom. The van der Waals surface area contributed by atoms with Crippen LogP contribution in [-0.2, 0) is 10.0 Å². The molecule has 3 nitrogen and oxygen atoms in total. The van der Waals surface area contributed by atoms with Crippen LogP contribution in [0.15, 0.2) is 33.6 Å². The number of hydrogen-bond acceptors (Lipinski definition) is 2. The molecular weight excluding hydrogens is 394 g/mol. The molecule has 1 aliphatic heterocycles. The van der Waals surface area contributed by atoms with Crippen molar-refractivity contribution < 1.29 is 8.42 Å². The quantitative estimate of drug-likeness (QED) is 0.692. The van der Waals surface area contributed by atoms with Crippen molar-refractivity contribution in [1.82, 2.24) is 4.31 Å². The molecule has 1 aromatic carbocycles. The first-order chi connectivity index (χ1) is 9.07. The zero-order chi connectivity index (χ0) is 13.9. The molecule has 1 aromatic rings. The summed E-state index contributed by atoms with van der Waals surface area (Å²) < 4.78 is 27.7. The average Bonchev–Trinajstić information content (AvgIpc) is 2.85. The van der Waals surface area contributed by atoms with E-state index in [0.717, 1.165) is 31.0 Å². The average molecular weight is 411 g/mol. The van der Waals surface area contributed by atoms with E-state index >= 15 is 0 Å². The van der Waals surface area contributed by atoms with Crippen LogP contribution in [0.5, 0.6) is 0 Å². The highest BCUT2D eigenvalue weighted by Gasteiger charge is 2.35. The molecule has 6 heteroatoms. The lowest BCUT2D eigenvalue weighted by Crippen LogP contribution is -2.35. The minimum absolute atomic E-state index is 0.148. The van der Waals surface area contributed by atoms with Crippen LogP contribution in [0.1, 0.15) is 25.7 Å². The first-order valence-corrected chi connectivity index (χ1v) is 9.75. The summed E-state index contributed by atoms with van der Waals surface area (Å²) in [5.74, 6) is 0.